The summed E-state index contributed by atoms with van der Waals surface area (Å²) in [6.45, 7) is 1.94. The summed E-state index contributed by atoms with van der Waals surface area (Å²) in [6, 6.07) is 2.39. The monoisotopic (exact) mass is 338 g/mol. The molecule has 1 unspecified atom stereocenters. The zero-order chi connectivity index (χ0) is 15.3. The summed E-state index contributed by atoms with van der Waals surface area (Å²) in [5.74, 6) is -1.10. The Morgan fingerprint density at radius 2 is 1.80 bits per heavy atom. The molecule has 3 N–H and O–H groups in total. The summed E-state index contributed by atoms with van der Waals surface area (Å²) in [6.07, 6.45) is -0.0251. The van der Waals surface area contributed by atoms with Crippen LogP contribution >= 0.6 is 34.8 Å². The number of benzene rings is 1. The van der Waals surface area contributed by atoms with Crippen LogP contribution in [0.2, 0.25) is 15.1 Å². The number of carbonyl (C=O) groups is 2. The molecule has 0 saturated heterocycles. The predicted molar refractivity (Wildman–Crippen MR) is 79.9 cm³/mol. The Morgan fingerprint density at radius 1 is 1.25 bits per heavy atom. The summed E-state index contributed by atoms with van der Waals surface area (Å²) in [5, 5.41) is 14.4. The van der Waals surface area contributed by atoms with E-state index >= 15 is 0 Å². The van der Waals surface area contributed by atoms with Crippen LogP contribution in [0.4, 0.5) is 10.5 Å². The minimum atomic E-state index is -0.913. The van der Waals surface area contributed by atoms with E-state index in [4.69, 9.17) is 39.9 Å². The van der Waals surface area contributed by atoms with E-state index in [2.05, 4.69) is 10.6 Å². The zero-order valence-electron chi connectivity index (χ0n) is 10.5. The number of anilines is 1. The summed E-state index contributed by atoms with van der Waals surface area (Å²) in [5.41, 5.74) is 0.251. The number of halogens is 3. The number of carbonyl (C=O) groups excluding carboxylic acids is 1. The summed E-state index contributed by atoms with van der Waals surface area (Å²) < 4.78 is 0. The molecule has 0 fully saturated rings. The van der Waals surface area contributed by atoms with Crippen molar-refractivity contribution in [3.63, 3.8) is 0 Å². The van der Waals surface area contributed by atoms with Crippen molar-refractivity contribution >= 4 is 52.5 Å². The van der Waals surface area contributed by atoms with Crippen molar-refractivity contribution in [1.29, 1.82) is 0 Å². The summed E-state index contributed by atoms with van der Waals surface area (Å²) in [7, 11) is 0. The molecule has 5 nitrogen and oxygen atoms in total. The van der Waals surface area contributed by atoms with Gasteiger partial charge in [-0.15, -0.1) is 0 Å². The van der Waals surface area contributed by atoms with Crippen molar-refractivity contribution in [2.24, 2.45) is 5.92 Å². The zero-order valence-corrected chi connectivity index (χ0v) is 12.8. The molecule has 1 rings (SSSR count). The number of carboxylic acid groups (broad SMARTS) is 1. The standard InChI is InChI=1S/C12H13Cl3N2O3/c1-6(2-10(18)19)5-16-12(20)17-11-8(14)3-7(13)4-9(11)15/h3-4,6H,2,5H2,1H3,(H,18,19)(H2,16,17,20). The second kappa shape index (κ2) is 7.57. The number of carboxylic acids is 1. The lowest BCUT2D eigenvalue weighted by Crippen LogP contribution is -2.33. The maximum absolute atomic E-state index is 11.7. The lowest BCUT2D eigenvalue weighted by Gasteiger charge is -2.13. The Balaban J connectivity index is 2.57. The van der Waals surface area contributed by atoms with Crippen LogP contribution in [-0.4, -0.2) is 23.7 Å². The molecule has 0 aliphatic carbocycles. The largest absolute Gasteiger partial charge is 0.481 e. The minimum absolute atomic E-state index is 0.0251. The molecule has 2 amide bonds. The van der Waals surface area contributed by atoms with E-state index in [0.717, 1.165) is 0 Å². The summed E-state index contributed by atoms with van der Waals surface area (Å²) >= 11 is 17.6. The molecule has 1 aromatic carbocycles. The van der Waals surface area contributed by atoms with Crippen LogP contribution in [0.1, 0.15) is 13.3 Å². The number of urea groups is 1. The molecule has 110 valence electrons. The maximum Gasteiger partial charge on any atom is 0.319 e. The molecule has 20 heavy (non-hydrogen) atoms. The molecule has 0 saturated carbocycles. The number of hydrogen-bond donors (Lipinski definition) is 3. The average molecular weight is 340 g/mol. The van der Waals surface area contributed by atoms with Gasteiger partial charge in [0, 0.05) is 18.0 Å². The van der Waals surface area contributed by atoms with Crippen molar-refractivity contribution in [1.82, 2.24) is 5.32 Å². The van der Waals surface area contributed by atoms with Gasteiger partial charge in [0.2, 0.25) is 0 Å². The highest BCUT2D eigenvalue weighted by molar-refractivity contribution is 6.42. The lowest BCUT2D eigenvalue weighted by molar-refractivity contribution is -0.137. The Labute approximate surface area is 131 Å². The lowest BCUT2D eigenvalue weighted by atomic mass is 10.1. The normalized spacial score (nSPS) is 11.8. The van der Waals surface area contributed by atoms with Crippen LogP contribution in [0.3, 0.4) is 0 Å². The van der Waals surface area contributed by atoms with Gasteiger partial charge in [0.15, 0.2) is 0 Å². The second-order valence-electron chi connectivity index (χ2n) is 4.28. The van der Waals surface area contributed by atoms with Crippen LogP contribution in [0.15, 0.2) is 12.1 Å². The first kappa shape index (κ1) is 16.9. The van der Waals surface area contributed by atoms with Crippen molar-refractivity contribution in [3.05, 3.63) is 27.2 Å². The number of amides is 2. The van der Waals surface area contributed by atoms with Crippen LogP contribution in [0.5, 0.6) is 0 Å². The Bertz CT molecular complexity index is 500. The van der Waals surface area contributed by atoms with Gasteiger partial charge in [0.05, 0.1) is 15.7 Å². The smallest absolute Gasteiger partial charge is 0.319 e. The Kier molecular flexibility index (Phi) is 6.39. The number of hydrogen-bond acceptors (Lipinski definition) is 2. The average Bonchev–Trinajstić information content (AvgIpc) is 2.30. The van der Waals surface area contributed by atoms with E-state index < -0.39 is 12.0 Å². The first-order valence-electron chi connectivity index (χ1n) is 5.70. The predicted octanol–water partition coefficient (Wildman–Crippen LogP) is 3.88. The molecule has 1 aromatic rings. The van der Waals surface area contributed by atoms with Crippen molar-refractivity contribution in [3.8, 4) is 0 Å². The molecule has 0 bridgehead atoms. The first-order chi connectivity index (χ1) is 9.29. The van der Waals surface area contributed by atoms with Crippen LogP contribution in [0, 0.1) is 5.92 Å². The fourth-order valence-corrected chi connectivity index (χ4v) is 2.37. The first-order valence-corrected chi connectivity index (χ1v) is 6.84. The third-order valence-corrected chi connectivity index (χ3v) is 3.19. The minimum Gasteiger partial charge on any atom is -0.481 e. The highest BCUT2D eigenvalue weighted by atomic mass is 35.5. The topological polar surface area (TPSA) is 78.4 Å². The number of rotatable bonds is 5. The van der Waals surface area contributed by atoms with Gasteiger partial charge in [-0.1, -0.05) is 41.7 Å². The highest BCUT2D eigenvalue weighted by Gasteiger charge is 2.13. The van der Waals surface area contributed by atoms with E-state index in [-0.39, 0.29) is 34.6 Å². The van der Waals surface area contributed by atoms with Crippen molar-refractivity contribution in [2.45, 2.75) is 13.3 Å². The third-order valence-electron chi connectivity index (χ3n) is 2.38. The van der Waals surface area contributed by atoms with Crippen LogP contribution in [-0.2, 0) is 4.79 Å². The van der Waals surface area contributed by atoms with Gasteiger partial charge in [0.1, 0.15) is 0 Å². The van der Waals surface area contributed by atoms with Crippen molar-refractivity contribution in [2.75, 3.05) is 11.9 Å². The molecule has 8 heteroatoms. The molecule has 0 aliphatic heterocycles. The quantitative estimate of drug-likeness (QED) is 0.761. The van der Waals surface area contributed by atoms with Gasteiger partial charge in [-0.25, -0.2) is 4.79 Å². The van der Waals surface area contributed by atoms with E-state index in [1.165, 1.54) is 12.1 Å². The number of aliphatic carboxylic acids is 1. The molecule has 0 radical (unpaired) electrons. The molecule has 1 atom stereocenters. The molecule has 0 spiro atoms. The maximum atomic E-state index is 11.7. The van der Waals surface area contributed by atoms with Gasteiger partial charge in [-0.3, -0.25) is 4.79 Å². The molecule has 0 aliphatic rings. The van der Waals surface area contributed by atoms with Crippen molar-refractivity contribution < 1.29 is 14.7 Å². The third kappa shape index (κ3) is 5.45. The molecular formula is C12H13Cl3N2O3. The molecule has 0 heterocycles. The fourth-order valence-electron chi connectivity index (χ4n) is 1.46. The number of nitrogens with one attached hydrogen (secondary N) is 2. The SMILES string of the molecule is CC(CNC(=O)Nc1c(Cl)cc(Cl)cc1Cl)CC(=O)O. The van der Waals surface area contributed by atoms with Crippen LogP contribution < -0.4 is 10.6 Å². The Hall–Kier alpha value is -1.17. The molecule has 0 aromatic heterocycles. The van der Waals surface area contributed by atoms with E-state index in [0.29, 0.717) is 5.02 Å². The summed E-state index contributed by atoms with van der Waals surface area (Å²) in [4.78, 5) is 22.2. The van der Waals surface area contributed by atoms with Crippen LogP contribution in [0.25, 0.3) is 0 Å². The van der Waals surface area contributed by atoms with Gasteiger partial charge < -0.3 is 15.7 Å². The van der Waals surface area contributed by atoms with Gasteiger partial charge in [0.25, 0.3) is 0 Å². The molecular weight excluding hydrogens is 327 g/mol. The van der Waals surface area contributed by atoms with Gasteiger partial charge in [-0.2, -0.15) is 0 Å². The van der Waals surface area contributed by atoms with E-state index in [1.54, 1.807) is 6.92 Å². The van der Waals surface area contributed by atoms with E-state index in [1.807, 2.05) is 0 Å². The second-order valence-corrected chi connectivity index (χ2v) is 5.53. The highest BCUT2D eigenvalue weighted by Crippen LogP contribution is 2.33. The van der Waals surface area contributed by atoms with E-state index in [9.17, 15) is 9.59 Å². The fraction of sp³-hybridized carbons (Fsp3) is 0.333. The van der Waals surface area contributed by atoms with Gasteiger partial charge in [-0.05, 0) is 18.1 Å². The Morgan fingerprint density at radius 3 is 2.30 bits per heavy atom. The van der Waals surface area contributed by atoms with Gasteiger partial charge >= 0.3 is 12.0 Å².